The van der Waals surface area contributed by atoms with E-state index in [2.05, 4.69) is 26.1 Å². The monoisotopic (exact) mass is 252 g/mol. The highest BCUT2D eigenvalue weighted by atomic mass is 16.2. The van der Waals surface area contributed by atoms with Crippen LogP contribution in [0.3, 0.4) is 0 Å². The molecule has 4 nitrogen and oxygen atoms in total. The van der Waals surface area contributed by atoms with Crippen molar-refractivity contribution >= 4 is 11.8 Å². The highest BCUT2D eigenvalue weighted by molar-refractivity contribution is 6.06. The molecule has 1 atom stereocenters. The van der Waals surface area contributed by atoms with E-state index in [4.69, 9.17) is 0 Å². The molecule has 18 heavy (non-hydrogen) atoms. The molecule has 4 heteroatoms. The second-order valence-electron chi connectivity index (χ2n) is 5.58. The van der Waals surface area contributed by atoms with Gasteiger partial charge in [-0.05, 0) is 32.1 Å². The van der Waals surface area contributed by atoms with Crippen LogP contribution in [0.1, 0.15) is 59.3 Å². The number of carbonyl (C=O) groups excluding carboxylic acids is 2. The summed E-state index contributed by atoms with van der Waals surface area (Å²) in [6.45, 7) is 6.42. The van der Waals surface area contributed by atoms with Crippen molar-refractivity contribution in [2.45, 2.75) is 76.9 Å². The van der Waals surface area contributed by atoms with Gasteiger partial charge in [-0.1, -0.05) is 20.8 Å². The molecule has 1 saturated carbocycles. The highest BCUT2D eigenvalue weighted by Gasteiger charge is 2.47. The third-order valence-electron chi connectivity index (χ3n) is 4.61. The fourth-order valence-corrected chi connectivity index (χ4v) is 2.91. The molecule has 0 radical (unpaired) electrons. The van der Waals surface area contributed by atoms with Crippen molar-refractivity contribution in [3.8, 4) is 0 Å². The summed E-state index contributed by atoms with van der Waals surface area (Å²) in [6.07, 6.45) is 5.29. The van der Waals surface area contributed by atoms with Gasteiger partial charge in [0.05, 0.1) is 12.5 Å². The number of hydrogen-bond acceptors (Lipinski definition) is 3. The Bertz CT molecular complexity index is 337. The first kappa shape index (κ1) is 13.5. The number of amides is 2. The first-order valence-electron chi connectivity index (χ1n) is 7.20. The molecule has 1 aliphatic heterocycles. The Morgan fingerprint density at radius 1 is 1.17 bits per heavy atom. The molecule has 1 aliphatic carbocycles. The van der Waals surface area contributed by atoms with E-state index < -0.39 is 0 Å². The summed E-state index contributed by atoms with van der Waals surface area (Å²) in [4.78, 5) is 25.7. The van der Waals surface area contributed by atoms with Gasteiger partial charge >= 0.3 is 0 Å². The van der Waals surface area contributed by atoms with Crippen LogP contribution >= 0.6 is 0 Å². The fraction of sp³-hybridized carbons (Fsp3) is 0.857. The number of hydrogen-bond donors (Lipinski definition) is 1. The van der Waals surface area contributed by atoms with Gasteiger partial charge in [-0.2, -0.15) is 0 Å². The lowest BCUT2D eigenvalue weighted by atomic mass is 9.88. The number of nitrogens with zero attached hydrogens (tertiary/aromatic N) is 1. The van der Waals surface area contributed by atoms with Crippen LogP contribution in [0.15, 0.2) is 0 Å². The Labute approximate surface area is 109 Å². The Morgan fingerprint density at radius 2 is 1.72 bits per heavy atom. The largest absolute Gasteiger partial charge is 0.300 e. The molecule has 0 spiro atoms. The molecule has 2 amide bonds. The zero-order valence-corrected chi connectivity index (χ0v) is 11.7. The molecular weight excluding hydrogens is 228 g/mol. The van der Waals surface area contributed by atoms with Crippen molar-refractivity contribution in [1.82, 2.24) is 10.2 Å². The first-order chi connectivity index (χ1) is 8.56. The van der Waals surface area contributed by atoms with Crippen molar-refractivity contribution < 1.29 is 9.59 Å². The molecule has 0 aromatic rings. The third-order valence-corrected chi connectivity index (χ3v) is 4.61. The van der Waals surface area contributed by atoms with Crippen LogP contribution in [0.25, 0.3) is 0 Å². The van der Waals surface area contributed by atoms with E-state index in [-0.39, 0.29) is 29.4 Å². The SMILES string of the molecule is CCC(CC)(CC)NC1CC(=O)N(C2CC2)C1=O. The van der Waals surface area contributed by atoms with Gasteiger partial charge < -0.3 is 0 Å². The summed E-state index contributed by atoms with van der Waals surface area (Å²) in [5.41, 5.74) is 0.000166. The molecule has 1 N–H and O–H groups in total. The van der Waals surface area contributed by atoms with Gasteiger partial charge in [-0.25, -0.2) is 0 Å². The van der Waals surface area contributed by atoms with Gasteiger partial charge in [-0.3, -0.25) is 19.8 Å². The van der Waals surface area contributed by atoms with Crippen molar-refractivity contribution in [3.63, 3.8) is 0 Å². The minimum Gasteiger partial charge on any atom is -0.300 e. The number of rotatable bonds is 6. The number of carbonyl (C=O) groups is 2. The zero-order chi connectivity index (χ0) is 13.3. The summed E-state index contributed by atoms with van der Waals surface area (Å²) >= 11 is 0. The van der Waals surface area contributed by atoms with Crippen LogP contribution in [0, 0.1) is 0 Å². The Morgan fingerprint density at radius 3 is 2.17 bits per heavy atom. The molecule has 2 aliphatic rings. The maximum absolute atomic E-state index is 12.3. The first-order valence-corrected chi connectivity index (χ1v) is 7.20. The van der Waals surface area contributed by atoms with Crippen LogP contribution < -0.4 is 5.32 Å². The minimum absolute atomic E-state index is 0.000166. The van der Waals surface area contributed by atoms with Crippen LogP contribution in [-0.4, -0.2) is 34.3 Å². The van der Waals surface area contributed by atoms with Crippen LogP contribution in [-0.2, 0) is 9.59 Å². The Kier molecular flexibility index (Phi) is 3.76. The average Bonchev–Trinajstić information content (AvgIpc) is 3.15. The second-order valence-corrected chi connectivity index (χ2v) is 5.58. The molecule has 102 valence electrons. The molecule has 1 heterocycles. The summed E-state index contributed by atoms with van der Waals surface area (Å²) in [5.74, 6) is 0.0134. The van der Waals surface area contributed by atoms with Gasteiger partial charge in [0.1, 0.15) is 0 Å². The number of likely N-dealkylation sites (tertiary alicyclic amines) is 1. The van der Waals surface area contributed by atoms with Crippen LogP contribution in [0.5, 0.6) is 0 Å². The standard InChI is InChI=1S/C14H24N2O2/c1-4-14(5-2,6-3)15-11-9-12(17)16(13(11)18)10-7-8-10/h10-11,15H,4-9H2,1-3H3. The van der Waals surface area contributed by atoms with Gasteiger partial charge in [0.2, 0.25) is 11.8 Å². The predicted octanol–water partition coefficient (Wildman–Crippen LogP) is 1.83. The van der Waals surface area contributed by atoms with E-state index in [1.54, 1.807) is 0 Å². The van der Waals surface area contributed by atoms with E-state index >= 15 is 0 Å². The quantitative estimate of drug-likeness (QED) is 0.734. The van der Waals surface area contributed by atoms with E-state index in [1.165, 1.54) is 4.90 Å². The molecular formula is C14H24N2O2. The number of nitrogens with one attached hydrogen (secondary N) is 1. The molecule has 2 fully saturated rings. The van der Waals surface area contributed by atoms with Gasteiger partial charge in [-0.15, -0.1) is 0 Å². The lowest BCUT2D eigenvalue weighted by molar-refractivity contribution is -0.139. The predicted molar refractivity (Wildman–Crippen MR) is 70.0 cm³/mol. The summed E-state index contributed by atoms with van der Waals surface area (Å²) in [7, 11) is 0. The van der Waals surface area contributed by atoms with Crippen molar-refractivity contribution in [1.29, 1.82) is 0 Å². The van der Waals surface area contributed by atoms with Gasteiger partial charge in [0.25, 0.3) is 0 Å². The topological polar surface area (TPSA) is 49.4 Å². The van der Waals surface area contributed by atoms with E-state index in [0.29, 0.717) is 6.42 Å². The van der Waals surface area contributed by atoms with Gasteiger partial charge in [0.15, 0.2) is 0 Å². The zero-order valence-electron chi connectivity index (χ0n) is 11.7. The molecule has 0 aromatic carbocycles. The summed E-state index contributed by atoms with van der Waals surface area (Å²) in [6, 6.07) is -0.0889. The molecule has 0 aromatic heterocycles. The maximum atomic E-state index is 12.3. The van der Waals surface area contributed by atoms with E-state index in [0.717, 1.165) is 32.1 Å². The lowest BCUT2D eigenvalue weighted by Crippen LogP contribution is -2.52. The van der Waals surface area contributed by atoms with Crippen LogP contribution in [0.4, 0.5) is 0 Å². The smallest absolute Gasteiger partial charge is 0.247 e. The Hall–Kier alpha value is -0.900. The maximum Gasteiger partial charge on any atom is 0.247 e. The fourth-order valence-electron chi connectivity index (χ4n) is 2.91. The summed E-state index contributed by atoms with van der Waals surface area (Å²) in [5, 5.41) is 3.46. The van der Waals surface area contributed by atoms with Crippen LogP contribution in [0.2, 0.25) is 0 Å². The lowest BCUT2D eigenvalue weighted by Gasteiger charge is -2.34. The van der Waals surface area contributed by atoms with Crippen molar-refractivity contribution in [3.05, 3.63) is 0 Å². The van der Waals surface area contributed by atoms with Crippen molar-refractivity contribution in [2.24, 2.45) is 0 Å². The van der Waals surface area contributed by atoms with Gasteiger partial charge in [0, 0.05) is 11.6 Å². The van der Waals surface area contributed by atoms with E-state index in [1.807, 2.05) is 0 Å². The molecule has 1 unspecified atom stereocenters. The summed E-state index contributed by atoms with van der Waals surface area (Å²) < 4.78 is 0. The second kappa shape index (κ2) is 5.00. The molecule has 1 saturated heterocycles. The third kappa shape index (κ3) is 2.30. The molecule has 2 rings (SSSR count). The molecule has 0 bridgehead atoms. The van der Waals surface area contributed by atoms with Crippen molar-refractivity contribution in [2.75, 3.05) is 0 Å². The minimum atomic E-state index is -0.294. The number of imide groups is 1. The highest BCUT2D eigenvalue weighted by Crippen LogP contribution is 2.32. The normalized spacial score (nSPS) is 25.1. The van der Waals surface area contributed by atoms with E-state index in [9.17, 15) is 9.59 Å². The average molecular weight is 252 g/mol. The Balaban J connectivity index is 2.06.